The molecule has 2 aromatic rings. The second-order valence-corrected chi connectivity index (χ2v) is 4.43. The Morgan fingerprint density at radius 3 is 2.61 bits per heavy atom. The van der Waals surface area contributed by atoms with Gasteiger partial charge in [0.15, 0.2) is 0 Å². The van der Waals surface area contributed by atoms with Crippen molar-refractivity contribution in [1.82, 2.24) is 4.98 Å². The Morgan fingerprint density at radius 1 is 1.28 bits per heavy atom. The lowest BCUT2D eigenvalue weighted by Gasteiger charge is -2.08. The predicted octanol–water partition coefficient (Wildman–Crippen LogP) is 2.79. The van der Waals surface area contributed by atoms with Gasteiger partial charge in [-0.25, -0.2) is 0 Å². The van der Waals surface area contributed by atoms with E-state index < -0.39 is 0 Å². The van der Waals surface area contributed by atoms with Crippen LogP contribution in [0, 0.1) is 0 Å². The van der Waals surface area contributed by atoms with Crippen molar-refractivity contribution in [2.75, 3.05) is 7.11 Å². The van der Waals surface area contributed by atoms with E-state index in [2.05, 4.69) is 4.98 Å². The second-order valence-electron chi connectivity index (χ2n) is 3.99. The van der Waals surface area contributed by atoms with E-state index in [1.165, 1.54) is 5.56 Å². The molecule has 0 spiro atoms. The van der Waals surface area contributed by atoms with E-state index in [-0.39, 0.29) is 0 Å². The first kappa shape index (κ1) is 12.9. The Hall–Kier alpha value is -1.58. The van der Waals surface area contributed by atoms with Crippen LogP contribution in [0.25, 0.3) is 0 Å². The number of benzene rings is 1. The third-order valence-corrected chi connectivity index (χ3v) is 3.00. The van der Waals surface area contributed by atoms with E-state index in [1.54, 1.807) is 13.3 Å². The lowest BCUT2D eigenvalue weighted by atomic mass is 10.1. The fourth-order valence-corrected chi connectivity index (χ4v) is 1.91. The van der Waals surface area contributed by atoms with Crippen molar-refractivity contribution in [2.24, 2.45) is 5.73 Å². The molecule has 0 amide bonds. The van der Waals surface area contributed by atoms with Gasteiger partial charge in [-0.1, -0.05) is 23.7 Å². The van der Waals surface area contributed by atoms with E-state index in [0.717, 1.165) is 28.5 Å². The summed E-state index contributed by atoms with van der Waals surface area (Å²) in [5.74, 6) is 0.734. The summed E-state index contributed by atoms with van der Waals surface area (Å²) in [5, 5.41) is 0.740. The summed E-state index contributed by atoms with van der Waals surface area (Å²) in [4.78, 5) is 4.36. The third-order valence-electron chi connectivity index (χ3n) is 2.74. The molecule has 0 aliphatic carbocycles. The molecule has 0 aliphatic heterocycles. The van der Waals surface area contributed by atoms with Crippen LogP contribution in [0.2, 0.25) is 5.02 Å². The molecule has 3 nitrogen and oxygen atoms in total. The summed E-state index contributed by atoms with van der Waals surface area (Å²) in [6.45, 7) is 0.444. The monoisotopic (exact) mass is 262 g/mol. The van der Waals surface area contributed by atoms with Gasteiger partial charge in [0.25, 0.3) is 0 Å². The molecule has 0 fully saturated rings. The number of hydrogen-bond donors (Lipinski definition) is 1. The Labute approximate surface area is 112 Å². The summed E-state index contributed by atoms with van der Waals surface area (Å²) in [7, 11) is 1.62. The van der Waals surface area contributed by atoms with Gasteiger partial charge >= 0.3 is 0 Å². The molecule has 0 saturated carbocycles. The largest absolute Gasteiger partial charge is 0.495 e. The molecule has 18 heavy (non-hydrogen) atoms. The molecule has 0 atom stereocenters. The lowest BCUT2D eigenvalue weighted by Crippen LogP contribution is -2.03. The number of pyridine rings is 1. The molecule has 94 valence electrons. The smallest absolute Gasteiger partial charge is 0.141 e. The molecule has 2 rings (SSSR count). The maximum absolute atomic E-state index is 5.85. The van der Waals surface area contributed by atoms with Crippen molar-refractivity contribution in [3.63, 3.8) is 0 Å². The standard InChI is InChI=1S/C14H15ClN2O/c1-18-14-9-17-13(7-11(14)8-16)6-10-2-4-12(15)5-3-10/h2-5,7,9H,6,8,16H2,1H3. The molecule has 0 saturated heterocycles. The molecule has 0 unspecified atom stereocenters. The van der Waals surface area contributed by atoms with Crippen LogP contribution in [-0.4, -0.2) is 12.1 Å². The highest BCUT2D eigenvalue weighted by atomic mass is 35.5. The molecular formula is C14H15ClN2O. The van der Waals surface area contributed by atoms with Crippen molar-refractivity contribution >= 4 is 11.6 Å². The molecule has 0 bridgehead atoms. The van der Waals surface area contributed by atoms with Gasteiger partial charge in [-0.3, -0.25) is 4.98 Å². The number of methoxy groups -OCH3 is 1. The minimum absolute atomic E-state index is 0.444. The molecule has 0 aliphatic rings. The summed E-state index contributed by atoms with van der Waals surface area (Å²) in [6.07, 6.45) is 2.47. The van der Waals surface area contributed by atoms with Crippen LogP contribution in [0.4, 0.5) is 0 Å². The van der Waals surface area contributed by atoms with Crippen molar-refractivity contribution < 1.29 is 4.74 Å². The minimum Gasteiger partial charge on any atom is -0.495 e. The van der Waals surface area contributed by atoms with Crippen molar-refractivity contribution in [2.45, 2.75) is 13.0 Å². The van der Waals surface area contributed by atoms with Crippen molar-refractivity contribution in [3.8, 4) is 5.75 Å². The van der Waals surface area contributed by atoms with E-state index in [0.29, 0.717) is 6.54 Å². The van der Waals surface area contributed by atoms with Gasteiger partial charge in [-0.05, 0) is 23.8 Å². The van der Waals surface area contributed by atoms with Crippen LogP contribution < -0.4 is 10.5 Å². The summed E-state index contributed by atoms with van der Waals surface area (Å²) in [5.41, 5.74) is 8.79. The number of nitrogens with two attached hydrogens (primary N) is 1. The van der Waals surface area contributed by atoms with Crippen LogP contribution >= 0.6 is 11.6 Å². The summed E-state index contributed by atoms with van der Waals surface area (Å²) in [6, 6.07) is 9.73. The summed E-state index contributed by atoms with van der Waals surface area (Å²) >= 11 is 5.85. The minimum atomic E-state index is 0.444. The molecule has 1 aromatic carbocycles. The normalized spacial score (nSPS) is 10.4. The van der Waals surface area contributed by atoms with E-state index in [9.17, 15) is 0 Å². The molecule has 1 aromatic heterocycles. The van der Waals surface area contributed by atoms with E-state index in [1.807, 2.05) is 30.3 Å². The number of nitrogens with zero attached hydrogens (tertiary/aromatic N) is 1. The number of aromatic nitrogens is 1. The Balaban J connectivity index is 2.21. The molecule has 0 radical (unpaired) electrons. The Morgan fingerprint density at radius 2 is 2.00 bits per heavy atom. The van der Waals surface area contributed by atoms with Crippen LogP contribution in [0.3, 0.4) is 0 Å². The Bertz CT molecular complexity index is 526. The highest BCUT2D eigenvalue weighted by Crippen LogP contribution is 2.19. The average Bonchev–Trinajstić information content (AvgIpc) is 2.41. The first-order valence-electron chi connectivity index (χ1n) is 5.69. The fourth-order valence-electron chi connectivity index (χ4n) is 1.79. The van der Waals surface area contributed by atoms with Crippen LogP contribution in [0.1, 0.15) is 16.8 Å². The van der Waals surface area contributed by atoms with Gasteiger partial charge in [0, 0.05) is 29.2 Å². The average molecular weight is 263 g/mol. The number of hydrogen-bond acceptors (Lipinski definition) is 3. The van der Waals surface area contributed by atoms with E-state index >= 15 is 0 Å². The molecule has 2 N–H and O–H groups in total. The highest BCUT2D eigenvalue weighted by molar-refractivity contribution is 6.30. The van der Waals surface area contributed by atoms with E-state index in [4.69, 9.17) is 22.1 Å². The first-order valence-corrected chi connectivity index (χ1v) is 6.07. The topological polar surface area (TPSA) is 48.1 Å². The molecule has 4 heteroatoms. The zero-order valence-corrected chi connectivity index (χ0v) is 10.9. The van der Waals surface area contributed by atoms with Crippen LogP contribution in [0.15, 0.2) is 36.5 Å². The van der Waals surface area contributed by atoms with Crippen molar-refractivity contribution in [3.05, 3.63) is 58.4 Å². The SMILES string of the molecule is COc1cnc(Cc2ccc(Cl)cc2)cc1CN. The fraction of sp³-hybridized carbons (Fsp3) is 0.214. The number of rotatable bonds is 4. The second kappa shape index (κ2) is 5.85. The maximum Gasteiger partial charge on any atom is 0.141 e. The van der Waals surface area contributed by atoms with Gasteiger partial charge in [0.1, 0.15) is 5.75 Å². The third kappa shape index (κ3) is 3.00. The van der Waals surface area contributed by atoms with Crippen LogP contribution in [0.5, 0.6) is 5.75 Å². The first-order chi connectivity index (χ1) is 8.72. The molecular weight excluding hydrogens is 248 g/mol. The number of ether oxygens (including phenoxy) is 1. The molecule has 1 heterocycles. The Kier molecular flexibility index (Phi) is 4.18. The van der Waals surface area contributed by atoms with Crippen LogP contribution in [-0.2, 0) is 13.0 Å². The van der Waals surface area contributed by atoms with Gasteiger partial charge < -0.3 is 10.5 Å². The van der Waals surface area contributed by atoms with Gasteiger partial charge in [0.2, 0.25) is 0 Å². The van der Waals surface area contributed by atoms with Gasteiger partial charge in [-0.2, -0.15) is 0 Å². The zero-order chi connectivity index (χ0) is 13.0. The highest BCUT2D eigenvalue weighted by Gasteiger charge is 2.05. The lowest BCUT2D eigenvalue weighted by molar-refractivity contribution is 0.407. The predicted molar refractivity (Wildman–Crippen MR) is 72.9 cm³/mol. The quantitative estimate of drug-likeness (QED) is 0.922. The number of halogens is 1. The van der Waals surface area contributed by atoms with Gasteiger partial charge in [0.05, 0.1) is 13.3 Å². The maximum atomic E-state index is 5.85. The summed E-state index contributed by atoms with van der Waals surface area (Å²) < 4.78 is 5.20. The van der Waals surface area contributed by atoms with Gasteiger partial charge in [-0.15, -0.1) is 0 Å². The zero-order valence-electron chi connectivity index (χ0n) is 10.2. The van der Waals surface area contributed by atoms with Crippen molar-refractivity contribution in [1.29, 1.82) is 0 Å².